The highest BCUT2D eigenvalue weighted by molar-refractivity contribution is 6.22. The molecule has 20 heavy (non-hydrogen) atoms. The third-order valence-electron chi connectivity index (χ3n) is 3.02. The first-order valence-electron chi connectivity index (χ1n) is 6.64. The Morgan fingerprint density at radius 1 is 1.00 bits per heavy atom. The molecule has 1 unspecified atom stereocenters. The minimum atomic E-state index is -0.289. The number of ether oxygens (including phenoxy) is 1. The van der Waals surface area contributed by atoms with Crippen molar-refractivity contribution in [1.82, 2.24) is 0 Å². The van der Waals surface area contributed by atoms with Gasteiger partial charge in [0, 0.05) is 0 Å². The van der Waals surface area contributed by atoms with E-state index in [-0.39, 0.29) is 17.3 Å². The van der Waals surface area contributed by atoms with Crippen LogP contribution in [0.1, 0.15) is 35.9 Å². The number of benzene rings is 2. The van der Waals surface area contributed by atoms with Gasteiger partial charge >= 0.3 is 0 Å². The minimum absolute atomic E-state index is 0.146. The lowest BCUT2D eigenvalue weighted by Gasteiger charge is -2.13. The zero-order valence-electron chi connectivity index (χ0n) is 11.9. The second-order valence-electron chi connectivity index (χ2n) is 5.11. The lowest BCUT2D eigenvalue weighted by atomic mass is 10.0. The molecule has 0 aliphatic carbocycles. The monoisotopic (exact) mass is 292 g/mol. The maximum atomic E-state index is 13.3. The number of alkyl halides is 1. The van der Waals surface area contributed by atoms with Gasteiger partial charge in [0.25, 0.3) is 0 Å². The van der Waals surface area contributed by atoms with E-state index in [9.17, 15) is 4.39 Å². The molecule has 0 aliphatic heterocycles. The van der Waals surface area contributed by atoms with Crippen molar-refractivity contribution < 1.29 is 9.13 Å². The second-order valence-corrected chi connectivity index (χ2v) is 5.54. The molecule has 0 N–H and O–H groups in total. The van der Waals surface area contributed by atoms with E-state index < -0.39 is 0 Å². The summed E-state index contributed by atoms with van der Waals surface area (Å²) in [7, 11) is 0. The summed E-state index contributed by atoms with van der Waals surface area (Å²) >= 11 is 6.45. The molecular formula is C17H18ClFO. The summed E-state index contributed by atoms with van der Waals surface area (Å²) in [4.78, 5) is 0. The first-order chi connectivity index (χ1) is 9.47. The molecule has 2 aromatic rings. The molecule has 0 amide bonds. The van der Waals surface area contributed by atoms with Crippen LogP contribution in [-0.4, -0.2) is 6.10 Å². The van der Waals surface area contributed by atoms with Gasteiger partial charge in [0.15, 0.2) is 0 Å². The van der Waals surface area contributed by atoms with E-state index in [1.807, 2.05) is 38.1 Å². The van der Waals surface area contributed by atoms with Crippen LogP contribution in [0.4, 0.5) is 4.39 Å². The van der Waals surface area contributed by atoms with Gasteiger partial charge in [-0.3, -0.25) is 0 Å². The van der Waals surface area contributed by atoms with Crippen LogP contribution in [0.3, 0.4) is 0 Å². The predicted octanol–water partition coefficient (Wildman–Crippen LogP) is 5.25. The van der Waals surface area contributed by atoms with Crippen LogP contribution >= 0.6 is 11.6 Å². The lowest BCUT2D eigenvalue weighted by molar-refractivity contribution is 0.242. The normalized spacial score (nSPS) is 12.5. The van der Waals surface area contributed by atoms with Gasteiger partial charge in [-0.25, -0.2) is 4.39 Å². The smallest absolute Gasteiger partial charge is 0.126 e. The summed E-state index contributed by atoms with van der Waals surface area (Å²) in [5.41, 5.74) is 2.46. The Hall–Kier alpha value is -1.54. The summed E-state index contributed by atoms with van der Waals surface area (Å²) in [6.07, 6.45) is 0.146. The number of halogens is 2. The molecule has 106 valence electrons. The van der Waals surface area contributed by atoms with Gasteiger partial charge < -0.3 is 4.74 Å². The highest BCUT2D eigenvalue weighted by Crippen LogP contribution is 2.30. The van der Waals surface area contributed by atoms with E-state index in [1.54, 1.807) is 19.1 Å². The van der Waals surface area contributed by atoms with Gasteiger partial charge in [0.05, 0.1) is 11.5 Å². The van der Waals surface area contributed by atoms with Gasteiger partial charge in [-0.15, -0.1) is 11.6 Å². The number of hydrogen-bond donors (Lipinski definition) is 0. The molecule has 3 heteroatoms. The molecule has 0 aromatic heterocycles. The fraction of sp³-hybridized carbons (Fsp3) is 0.294. The van der Waals surface area contributed by atoms with Crippen molar-refractivity contribution in [3.05, 3.63) is 65.0 Å². The molecule has 2 rings (SSSR count). The van der Waals surface area contributed by atoms with Crippen molar-refractivity contribution in [2.45, 2.75) is 32.3 Å². The quantitative estimate of drug-likeness (QED) is 0.699. The molecule has 0 aliphatic rings. The fourth-order valence-electron chi connectivity index (χ4n) is 2.01. The van der Waals surface area contributed by atoms with E-state index in [2.05, 4.69) is 0 Å². The Kier molecular flexibility index (Phi) is 4.66. The molecule has 0 saturated carbocycles. The van der Waals surface area contributed by atoms with E-state index in [0.717, 1.165) is 16.9 Å². The largest absolute Gasteiger partial charge is 0.491 e. The molecule has 0 radical (unpaired) electrons. The molecule has 0 bridgehead atoms. The number of hydrogen-bond acceptors (Lipinski definition) is 1. The predicted molar refractivity (Wildman–Crippen MR) is 81.0 cm³/mol. The van der Waals surface area contributed by atoms with Gasteiger partial charge in [-0.05, 0) is 55.7 Å². The maximum absolute atomic E-state index is 13.3. The minimum Gasteiger partial charge on any atom is -0.491 e. The molecule has 1 atom stereocenters. The van der Waals surface area contributed by atoms with Crippen LogP contribution in [-0.2, 0) is 0 Å². The Bertz CT molecular complexity index is 578. The van der Waals surface area contributed by atoms with Crippen LogP contribution < -0.4 is 4.74 Å². The number of rotatable bonds is 4. The summed E-state index contributed by atoms with van der Waals surface area (Å²) in [6.45, 7) is 5.71. The van der Waals surface area contributed by atoms with Gasteiger partial charge in [0.1, 0.15) is 11.6 Å². The maximum Gasteiger partial charge on any atom is 0.126 e. The summed E-state index contributed by atoms with van der Waals surface area (Å²) in [5, 5.41) is -0.289. The lowest BCUT2D eigenvalue weighted by Crippen LogP contribution is -2.05. The zero-order chi connectivity index (χ0) is 14.7. The average molecular weight is 293 g/mol. The second kappa shape index (κ2) is 6.27. The van der Waals surface area contributed by atoms with E-state index in [4.69, 9.17) is 16.3 Å². The first kappa shape index (κ1) is 14.9. The van der Waals surface area contributed by atoms with Crippen molar-refractivity contribution in [1.29, 1.82) is 0 Å². The molecule has 0 saturated heterocycles. The van der Waals surface area contributed by atoms with Crippen molar-refractivity contribution in [3.63, 3.8) is 0 Å². The SMILES string of the molecule is Cc1cc(C(Cl)c2ccc(OC(C)C)cc2)ccc1F. The highest BCUT2D eigenvalue weighted by atomic mass is 35.5. The Labute approximate surface area is 124 Å². The molecule has 1 nitrogen and oxygen atoms in total. The summed E-state index contributed by atoms with van der Waals surface area (Å²) in [6, 6.07) is 12.6. The van der Waals surface area contributed by atoms with Crippen molar-refractivity contribution in [2.24, 2.45) is 0 Å². The molecule has 0 heterocycles. The first-order valence-corrected chi connectivity index (χ1v) is 7.07. The average Bonchev–Trinajstić information content (AvgIpc) is 2.41. The fourth-order valence-corrected chi connectivity index (χ4v) is 2.29. The molecule has 0 fully saturated rings. The third-order valence-corrected chi connectivity index (χ3v) is 3.52. The van der Waals surface area contributed by atoms with Crippen LogP contribution in [0.25, 0.3) is 0 Å². The van der Waals surface area contributed by atoms with Gasteiger partial charge in [0.2, 0.25) is 0 Å². The number of aryl methyl sites for hydroxylation is 1. The van der Waals surface area contributed by atoms with Gasteiger partial charge in [-0.1, -0.05) is 24.3 Å². The third kappa shape index (κ3) is 3.51. The molecular weight excluding hydrogens is 275 g/mol. The van der Waals surface area contributed by atoms with Crippen molar-refractivity contribution in [3.8, 4) is 5.75 Å². The Morgan fingerprint density at radius 2 is 1.60 bits per heavy atom. The van der Waals surface area contributed by atoms with E-state index >= 15 is 0 Å². The van der Waals surface area contributed by atoms with E-state index in [0.29, 0.717) is 5.56 Å². The topological polar surface area (TPSA) is 9.23 Å². The summed E-state index contributed by atoms with van der Waals surface area (Å²) in [5.74, 6) is 0.612. The van der Waals surface area contributed by atoms with Crippen molar-refractivity contribution >= 4 is 11.6 Å². The standard InChI is InChI=1S/C17H18ClFO/c1-11(2)20-15-7-4-13(5-8-15)17(18)14-6-9-16(19)12(3)10-14/h4-11,17H,1-3H3. The van der Waals surface area contributed by atoms with Crippen LogP contribution in [0.5, 0.6) is 5.75 Å². The van der Waals surface area contributed by atoms with Crippen LogP contribution in [0.2, 0.25) is 0 Å². The van der Waals surface area contributed by atoms with Gasteiger partial charge in [-0.2, -0.15) is 0 Å². The zero-order valence-corrected chi connectivity index (χ0v) is 12.6. The highest BCUT2D eigenvalue weighted by Gasteiger charge is 2.12. The Morgan fingerprint density at radius 3 is 2.15 bits per heavy atom. The van der Waals surface area contributed by atoms with Crippen LogP contribution in [0, 0.1) is 12.7 Å². The molecule has 2 aromatic carbocycles. The molecule has 0 spiro atoms. The van der Waals surface area contributed by atoms with Crippen LogP contribution in [0.15, 0.2) is 42.5 Å². The Balaban J connectivity index is 2.20. The summed E-state index contributed by atoms with van der Waals surface area (Å²) < 4.78 is 18.9. The van der Waals surface area contributed by atoms with E-state index in [1.165, 1.54) is 6.07 Å². The van der Waals surface area contributed by atoms with Crippen molar-refractivity contribution in [2.75, 3.05) is 0 Å².